The lowest BCUT2D eigenvalue weighted by Gasteiger charge is -2.15. The van der Waals surface area contributed by atoms with E-state index in [4.69, 9.17) is 0 Å². The minimum Gasteiger partial charge on any atom is -0.296 e. The van der Waals surface area contributed by atoms with Crippen LogP contribution in [0.5, 0.6) is 0 Å². The molecule has 5 heteroatoms. The number of fused-ring (bicyclic) bond motifs is 1. The maximum atomic E-state index is 11.5. The first-order valence-corrected chi connectivity index (χ1v) is 8.18. The highest BCUT2D eigenvalue weighted by molar-refractivity contribution is 6.15. The molecule has 1 aliphatic rings. The van der Waals surface area contributed by atoms with Gasteiger partial charge in [0.05, 0.1) is 0 Å². The normalized spacial score (nSPS) is 16.7. The predicted octanol–water partition coefficient (Wildman–Crippen LogP) is 3.30. The summed E-state index contributed by atoms with van der Waals surface area (Å²) in [5, 5.41) is 3.95. The van der Waals surface area contributed by atoms with Crippen molar-refractivity contribution in [2.75, 3.05) is 0 Å². The molecule has 2 amide bonds. The highest BCUT2D eigenvalue weighted by Gasteiger charge is 2.21. The van der Waals surface area contributed by atoms with Gasteiger partial charge in [-0.25, -0.2) is 0 Å². The van der Waals surface area contributed by atoms with Crippen molar-refractivity contribution in [3.63, 3.8) is 0 Å². The molecule has 0 bridgehead atoms. The Bertz CT molecular complexity index is 805. The van der Waals surface area contributed by atoms with E-state index < -0.39 is 0 Å². The number of rotatable bonds is 2. The van der Waals surface area contributed by atoms with Crippen molar-refractivity contribution in [2.24, 2.45) is 5.92 Å². The number of imide groups is 1. The minimum atomic E-state index is -0.141. The van der Waals surface area contributed by atoms with Crippen LogP contribution in [-0.2, 0) is 9.59 Å². The van der Waals surface area contributed by atoms with Gasteiger partial charge in [-0.05, 0) is 25.7 Å². The first-order chi connectivity index (χ1) is 11.8. The van der Waals surface area contributed by atoms with Gasteiger partial charge in [0.1, 0.15) is 0 Å². The maximum Gasteiger partial charge on any atom is 0.229 e. The van der Waals surface area contributed by atoms with Crippen molar-refractivity contribution in [1.82, 2.24) is 5.32 Å². The van der Waals surface area contributed by atoms with Crippen LogP contribution in [0.2, 0.25) is 0 Å². The number of nitrogens with one attached hydrogen (secondary N) is 1. The zero-order chi connectivity index (χ0) is 18.6. The first-order valence-electron chi connectivity index (χ1n) is 8.18. The molecule has 130 valence electrons. The van der Waals surface area contributed by atoms with Crippen LogP contribution in [0.15, 0.2) is 36.4 Å². The average molecular weight is 339 g/mol. The Hall–Kier alpha value is -2.82. The van der Waals surface area contributed by atoms with E-state index >= 15 is 0 Å². The largest absolute Gasteiger partial charge is 0.296 e. The van der Waals surface area contributed by atoms with Gasteiger partial charge in [-0.3, -0.25) is 24.5 Å². The Morgan fingerprint density at radius 2 is 1.48 bits per heavy atom. The molecule has 1 unspecified atom stereocenters. The lowest BCUT2D eigenvalue weighted by molar-refractivity contribution is -0.135. The highest BCUT2D eigenvalue weighted by Crippen LogP contribution is 2.23. The standard InChI is InChI=1S/C14H12O2.C6H9NO2/c1-9(15)12-7-3-5-11-6-4-8-13(10(2)16)14(11)12;1-4-2-3-5(8)7-6(4)9/h3-8H,1-2H3;4H,2-3H2,1H3,(H,7,8,9). The lowest BCUT2D eigenvalue weighted by atomic mass is 9.95. The molecule has 1 aliphatic heterocycles. The third-order valence-electron chi connectivity index (χ3n) is 4.18. The second-order valence-electron chi connectivity index (χ2n) is 6.17. The summed E-state index contributed by atoms with van der Waals surface area (Å²) < 4.78 is 0. The topological polar surface area (TPSA) is 80.3 Å². The summed E-state index contributed by atoms with van der Waals surface area (Å²) >= 11 is 0. The van der Waals surface area contributed by atoms with Gasteiger partial charge in [0.15, 0.2) is 11.6 Å². The van der Waals surface area contributed by atoms with E-state index in [1.54, 1.807) is 12.1 Å². The number of carbonyl (C=O) groups is 4. The van der Waals surface area contributed by atoms with Gasteiger partial charge in [-0.2, -0.15) is 0 Å². The van der Waals surface area contributed by atoms with Crippen LogP contribution in [0.25, 0.3) is 10.8 Å². The summed E-state index contributed by atoms with van der Waals surface area (Å²) in [7, 11) is 0. The van der Waals surface area contributed by atoms with E-state index in [-0.39, 0.29) is 29.3 Å². The molecule has 1 atom stereocenters. The fourth-order valence-electron chi connectivity index (χ4n) is 2.73. The number of benzene rings is 2. The number of hydrogen-bond acceptors (Lipinski definition) is 4. The highest BCUT2D eigenvalue weighted by atomic mass is 16.2. The number of carbonyl (C=O) groups excluding carboxylic acids is 4. The van der Waals surface area contributed by atoms with Crippen molar-refractivity contribution < 1.29 is 19.2 Å². The number of hydrogen-bond donors (Lipinski definition) is 1. The molecule has 3 rings (SSSR count). The van der Waals surface area contributed by atoms with E-state index in [1.165, 1.54) is 13.8 Å². The fourth-order valence-corrected chi connectivity index (χ4v) is 2.73. The Morgan fingerprint density at radius 3 is 1.88 bits per heavy atom. The number of amides is 2. The molecule has 1 heterocycles. The third kappa shape index (κ3) is 4.38. The first kappa shape index (κ1) is 18.5. The molecule has 0 aromatic heterocycles. The maximum absolute atomic E-state index is 11.5. The van der Waals surface area contributed by atoms with E-state index in [9.17, 15) is 19.2 Å². The van der Waals surface area contributed by atoms with Crippen molar-refractivity contribution in [1.29, 1.82) is 0 Å². The smallest absolute Gasteiger partial charge is 0.229 e. The van der Waals surface area contributed by atoms with Gasteiger partial charge in [0.25, 0.3) is 0 Å². The Kier molecular flexibility index (Phi) is 5.80. The van der Waals surface area contributed by atoms with Gasteiger partial charge in [-0.15, -0.1) is 0 Å². The molecule has 0 aliphatic carbocycles. The molecule has 1 saturated heterocycles. The van der Waals surface area contributed by atoms with Crippen LogP contribution in [0, 0.1) is 5.92 Å². The molecule has 25 heavy (non-hydrogen) atoms. The summed E-state index contributed by atoms with van der Waals surface area (Å²) in [5.74, 6) is -0.286. The minimum absolute atomic E-state index is 0.0145. The summed E-state index contributed by atoms with van der Waals surface area (Å²) in [5.41, 5.74) is 1.23. The van der Waals surface area contributed by atoms with Gasteiger partial charge in [0.2, 0.25) is 11.8 Å². The molecule has 0 radical (unpaired) electrons. The van der Waals surface area contributed by atoms with E-state index in [0.717, 1.165) is 10.8 Å². The molecule has 1 fully saturated rings. The second-order valence-corrected chi connectivity index (χ2v) is 6.17. The summed E-state index contributed by atoms with van der Waals surface area (Å²) in [6.45, 7) is 4.86. The van der Waals surface area contributed by atoms with E-state index in [0.29, 0.717) is 24.0 Å². The SMILES string of the molecule is CC(=O)c1cccc2cccc(C(C)=O)c12.CC1CCC(=O)NC1=O. The zero-order valence-corrected chi connectivity index (χ0v) is 14.6. The lowest BCUT2D eigenvalue weighted by Crippen LogP contribution is -2.39. The molecule has 2 aromatic rings. The van der Waals surface area contributed by atoms with Crippen molar-refractivity contribution in [3.8, 4) is 0 Å². The summed E-state index contributed by atoms with van der Waals surface area (Å²) in [6, 6.07) is 11.0. The van der Waals surface area contributed by atoms with Crippen LogP contribution in [-0.4, -0.2) is 23.4 Å². The Balaban J connectivity index is 0.000000212. The molecule has 5 nitrogen and oxygen atoms in total. The van der Waals surface area contributed by atoms with Crippen LogP contribution in [0.3, 0.4) is 0 Å². The van der Waals surface area contributed by atoms with Gasteiger partial charge in [0, 0.05) is 28.9 Å². The second kappa shape index (κ2) is 7.83. The number of piperidine rings is 1. The van der Waals surface area contributed by atoms with E-state index in [2.05, 4.69) is 5.32 Å². The van der Waals surface area contributed by atoms with Crippen LogP contribution in [0.1, 0.15) is 54.3 Å². The number of ketones is 2. The predicted molar refractivity (Wildman–Crippen MR) is 95.5 cm³/mol. The average Bonchev–Trinajstić information content (AvgIpc) is 2.57. The van der Waals surface area contributed by atoms with Crippen molar-refractivity contribution in [2.45, 2.75) is 33.6 Å². The molecule has 0 spiro atoms. The van der Waals surface area contributed by atoms with Crippen LogP contribution in [0.4, 0.5) is 0 Å². The van der Waals surface area contributed by atoms with Crippen molar-refractivity contribution >= 4 is 34.2 Å². The summed E-state index contributed by atoms with van der Waals surface area (Å²) in [6.07, 6.45) is 1.19. The number of Topliss-reactive ketones (excluding diaryl/α,β-unsaturated/α-hetero) is 2. The van der Waals surface area contributed by atoms with Crippen LogP contribution >= 0.6 is 0 Å². The third-order valence-corrected chi connectivity index (χ3v) is 4.18. The summed E-state index contributed by atoms with van der Waals surface area (Å²) in [4.78, 5) is 44.2. The Labute approximate surface area is 146 Å². The quantitative estimate of drug-likeness (QED) is 0.672. The van der Waals surface area contributed by atoms with Gasteiger partial charge >= 0.3 is 0 Å². The Morgan fingerprint density at radius 1 is 0.960 bits per heavy atom. The zero-order valence-electron chi connectivity index (χ0n) is 14.6. The van der Waals surface area contributed by atoms with Gasteiger partial charge < -0.3 is 0 Å². The van der Waals surface area contributed by atoms with E-state index in [1.807, 2.05) is 31.2 Å². The fraction of sp³-hybridized carbons (Fsp3) is 0.300. The molecular weight excluding hydrogens is 318 g/mol. The van der Waals surface area contributed by atoms with Crippen molar-refractivity contribution in [3.05, 3.63) is 47.5 Å². The molecular formula is C20H21NO4. The van der Waals surface area contributed by atoms with Gasteiger partial charge in [-0.1, -0.05) is 43.3 Å². The monoisotopic (exact) mass is 339 g/mol. The molecule has 2 aromatic carbocycles. The van der Waals surface area contributed by atoms with Crippen LogP contribution < -0.4 is 5.32 Å². The molecule has 1 N–H and O–H groups in total. The molecule has 0 saturated carbocycles.